The van der Waals surface area contributed by atoms with Gasteiger partial charge in [-0.2, -0.15) is 0 Å². The highest BCUT2D eigenvalue weighted by Gasteiger charge is 2.47. The van der Waals surface area contributed by atoms with Gasteiger partial charge >= 0.3 is 6.03 Å². The molecule has 2 aromatic carbocycles. The van der Waals surface area contributed by atoms with E-state index in [1.807, 2.05) is 6.07 Å². The average Bonchev–Trinajstić information content (AvgIpc) is 3.30. The molecule has 28 heavy (non-hydrogen) atoms. The lowest BCUT2D eigenvalue weighted by Crippen LogP contribution is -2.48. The Labute approximate surface area is 164 Å². The van der Waals surface area contributed by atoms with E-state index in [1.165, 1.54) is 17.7 Å². The first-order chi connectivity index (χ1) is 13.7. The molecule has 4 rings (SSSR count). The van der Waals surface area contributed by atoms with Crippen LogP contribution in [0.1, 0.15) is 17.5 Å². The van der Waals surface area contributed by atoms with Crippen LogP contribution in [0.2, 0.25) is 0 Å². The second-order valence-corrected chi connectivity index (χ2v) is 7.44. The van der Waals surface area contributed by atoms with Gasteiger partial charge in [0.25, 0.3) is 0 Å². The van der Waals surface area contributed by atoms with E-state index in [1.54, 1.807) is 12.1 Å². The maximum atomic E-state index is 12.9. The molecule has 2 fully saturated rings. The van der Waals surface area contributed by atoms with E-state index in [0.29, 0.717) is 25.7 Å². The van der Waals surface area contributed by atoms with Crippen LogP contribution in [0.3, 0.4) is 0 Å². The van der Waals surface area contributed by atoms with Crippen LogP contribution in [0.4, 0.5) is 9.18 Å². The zero-order valence-corrected chi connectivity index (χ0v) is 15.6. The lowest BCUT2D eigenvalue weighted by molar-refractivity contribution is 0.0615. The van der Waals surface area contributed by atoms with Crippen molar-refractivity contribution in [3.8, 4) is 0 Å². The van der Waals surface area contributed by atoms with E-state index in [2.05, 4.69) is 34.9 Å². The monoisotopic (exact) mass is 384 g/mol. The minimum Gasteiger partial charge on any atom is -0.373 e. The Hall–Kier alpha value is -2.44. The van der Waals surface area contributed by atoms with Crippen LogP contribution in [0.25, 0.3) is 0 Å². The fraction of sp³-hybridized carbons (Fsp3) is 0.409. The molecule has 0 radical (unpaired) electrons. The van der Waals surface area contributed by atoms with Gasteiger partial charge < -0.3 is 20.1 Å². The van der Waals surface area contributed by atoms with Crippen molar-refractivity contribution in [1.29, 1.82) is 0 Å². The molecule has 0 bridgehead atoms. The van der Waals surface area contributed by atoms with Gasteiger partial charge in [0.15, 0.2) is 0 Å². The number of nitrogens with one attached hydrogen (secondary N) is 2. The fourth-order valence-corrected chi connectivity index (χ4v) is 3.95. The van der Waals surface area contributed by atoms with Crippen LogP contribution >= 0.6 is 0 Å². The molecule has 2 heterocycles. The molecule has 0 aliphatic carbocycles. The maximum Gasteiger partial charge on any atom is 0.315 e. The molecule has 2 N–H and O–H groups in total. The molecule has 2 aliphatic heterocycles. The number of aryl methyl sites for hydroxylation is 1. The van der Waals surface area contributed by atoms with Crippen molar-refractivity contribution in [2.24, 2.45) is 5.92 Å². The zero-order chi connectivity index (χ0) is 19.3. The number of hydrogen-bond donors (Lipinski definition) is 2. The van der Waals surface area contributed by atoms with Gasteiger partial charge in [0, 0.05) is 12.5 Å². The quantitative estimate of drug-likeness (QED) is 0.805. The molecule has 148 valence electrons. The summed E-state index contributed by atoms with van der Waals surface area (Å²) in [7, 11) is 0. The molecule has 4 atom stereocenters. The Morgan fingerprint density at radius 3 is 2.50 bits per heavy atom. The van der Waals surface area contributed by atoms with Crippen molar-refractivity contribution in [3.63, 3.8) is 0 Å². The third-order valence-corrected chi connectivity index (χ3v) is 5.49. The van der Waals surface area contributed by atoms with Gasteiger partial charge in [-0.3, -0.25) is 0 Å². The summed E-state index contributed by atoms with van der Waals surface area (Å²) in [5.41, 5.74) is 2.16. The maximum absolute atomic E-state index is 12.9. The molecule has 0 aromatic heterocycles. The van der Waals surface area contributed by atoms with E-state index in [0.717, 1.165) is 18.4 Å². The van der Waals surface area contributed by atoms with Crippen LogP contribution in [0.15, 0.2) is 54.6 Å². The second kappa shape index (κ2) is 8.71. The molecule has 0 saturated carbocycles. The van der Waals surface area contributed by atoms with Gasteiger partial charge in [0.2, 0.25) is 0 Å². The van der Waals surface area contributed by atoms with E-state index in [4.69, 9.17) is 9.47 Å². The minimum atomic E-state index is -0.289. The normalized spacial score (nSPS) is 26.0. The smallest absolute Gasteiger partial charge is 0.315 e. The van der Waals surface area contributed by atoms with Crippen LogP contribution in [0.5, 0.6) is 0 Å². The highest BCUT2D eigenvalue weighted by atomic mass is 19.1. The Bertz CT molecular complexity index is 784. The Morgan fingerprint density at radius 1 is 0.964 bits per heavy atom. The predicted octanol–water partition coefficient (Wildman–Crippen LogP) is 3.04. The lowest BCUT2D eigenvalue weighted by Gasteiger charge is -2.18. The third kappa shape index (κ3) is 4.51. The first-order valence-corrected chi connectivity index (χ1v) is 9.75. The Kier molecular flexibility index (Phi) is 5.88. The predicted molar refractivity (Wildman–Crippen MR) is 103 cm³/mol. The van der Waals surface area contributed by atoms with Crippen LogP contribution in [-0.2, 0) is 22.4 Å². The standard InChI is InChI=1S/C22H25FN2O3/c23-18-10-7-16(8-11-18)12-24-22(26)25-19-14-28-20-17(13-27-21(19)20)9-6-15-4-2-1-3-5-15/h1-5,7-8,10-11,17,19-21H,6,9,12-14H2,(H2,24,25,26)/t17-,19+,20+,21-/m1/s1. The number of rotatable bonds is 6. The summed E-state index contributed by atoms with van der Waals surface area (Å²) in [6, 6.07) is 16.1. The number of benzene rings is 2. The average molecular weight is 384 g/mol. The summed E-state index contributed by atoms with van der Waals surface area (Å²) in [4.78, 5) is 12.2. The highest BCUT2D eigenvalue weighted by molar-refractivity contribution is 5.74. The number of carbonyl (C=O) groups excluding carboxylic acids is 1. The summed E-state index contributed by atoms with van der Waals surface area (Å²) in [5.74, 6) is 0.0573. The van der Waals surface area contributed by atoms with Gasteiger partial charge in [0.1, 0.15) is 11.9 Å². The Morgan fingerprint density at radius 2 is 1.71 bits per heavy atom. The topological polar surface area (TPSA) is 59.6 Å². The number of amides is 2. The molecule has 2 amide bonds. The first kappa shape index (κ1) is 18.9. The van der Waals surface area contributed by atoms with Crippen molar-refractivity contribution in [1.82, 2.24) is 10.6 Å². The molecule has 2 saturated heterocycles. The van der Waals surface area contributed by atoms with Gasteiger partial charge in [-0.25, -0.2) is 9.18 Å². The summed E-state index contributed by atoms with van der Waals surface area (Å²) in [6.07, 6.45) is 1.94. The minimum absolute atomic E-state index is 0.0334. The van der Waals surface area contributed by atoms with Crippen molar-refractivity contribution in [2.75, 3.05) is 13.2 Å². The SMILES string of the molecule is O=C(NCc1ccc(F)cc1)N[C@H]1CO[C@H]2[C@H](CCc3ccccc3)CO[C@@H]21. The highest BCUT2D eigenvalue weighted by Crippen LogP contribution is 2.33. The molecule has 5 nitrogen and oxygen atoms in total. The fourth-order valence-electron chi connectivity index (χ4n) is 3.95. The van der Waals surface area contributed by atoms with Crippen molar-refractivity contribution in [2.45, 2.75) is 37.6 Å². The summed E-state index contributed by atoms with van der Waals surface area (Å²) in [6.45, 7) is 1.47. The number of fused-ring (bicyclic) bond motifs is 1. The second-order valence-electron chi connectivity index (χ2n) is 7.44. The van der Waals surface area contributed by atoms with Gasteiger partial charge in [-0.15, -0.1) is 0 Å². The van der Waals surface area contributed by atoms with E-state index in [-0.39, 0.29) is 30.1 Å². The summed E-state index contributed by atoms with van der Waals surface area (Å²) < 4.78 is 24.9. The van der Waals surface area contributed by atoms with Crippen LogP contribution in [0, 0.1) is 11.7 Å². The summed E-state index contributed by atoms with van der Waals surface area (Å²) in [5, 5.41) is 5.75. The third-order valence-electron chi connectivity index (χ3n) is 5.49. The van der Waals surface area contributed by atoms with Crippen LogP contribution in [-0.4, -0.2) is 37.5 Å². The molecule has 2 aliphatic rings. The number of carbonyl (C=O) groups is 1. The zero-order valence-electron chi connectivity index (χ0n) is 15.6. The van der Waals surface area contributed by atoms with E-state index >= 15 is 0 Å². The van der Waals surface area contributed by atoms with Crippen molar-refractivity contribution in [3.05, 3.63) is 71.5 Å². The van der Waals surface area contributed by atoms with Crippen molar-refractivity contribution < 1.29 is 18.7 Å². The van der Waals surface area contributed by atoms with Gasteiger partial charge in [-0.1, -0.05) is 42.5 Å². The van der Waals surface area contributed by atoms with Gasteiger partial charge in [0.05, 0.1) is 25.4 Å². The molecule has 2 aromatic rings. The number of hydrogen-bond acceptors (Lipinski definition) is 3. The van der Waals surface area contributed by atoms with E-state index in [9.17, 15) is 9.18 Å². The Balaban J connectivity index is 1.23. The van der Waals surface area contributed by atoms with Crippen LogP contribution < -0.4 is 10.6 Å². The summed E-state index contributed by atoms with van der Waals surface area (Å²) >= 11 is 0. The molecular formula is C22H25FN2O3. The number of urea groups is 1. The van der Waals surface area contributed by atoms with Crippen molar-refractivity contribution >= 4 is 6.03 Å². The largest absolute Gasteiger partial charge is 0.373 e. The molecule has 0 unspecified atom stereocenters. The number of halogens is 1. The first-order valence-electron chi connectivity index (χ1n) is 9.75. The lowest BCUT2D eigenvalue weighted by atomic mass is 9.93. The number of ether oxygens (including phenoxy) is 2. The van der Waals surface area contributed by atoms with Gasteiger partial charge in [-0.05, 0) is 36.1 Å². The molecule has 0 spiro atoms. The molecular weight excluding hydrogens is 359 g/mol. The van der Waals surface area contributed by atoms with E-state index < -0.39 is 0 Å². The molecule has 6 heteroatoms.